The molecular formula is C25H32FN7O. The molecule has 0 aliphatic carbocycles. The van der Waals surface area contributed by atoms with Crippen LogP contribution >= 0.6 is 0 Å². The van der Waals surface area contributed by atoms with Gasteiger partial charge in [-0.15, -0.1) is 0 Å². The fourth-order valence-electron chi connectivity index (χ4n) is 4.23. The molecule has 8 nitrogen and oxygen atoms in total. The number of rotatable bonds is 9. The van der Waals surface area contributed by atoms with Crippen LogP contribution in [0.25, 0.3) is 10.9 Å². The third kappa shape index (κ3) is 5.80. The molecule has 1 aliphatic heterocycles. The van der Waals surface area contributed by atoms with Crippen molar-refractivity contribution in [2.75, 3.05) is 56.4 Å². The first-order chi connectivity index (χ1) is 16.6. The van der Waals surface area contributed by atoms with Gasteiger partial charge in [-0.3, -0.25) is 15.2 Å². The zero-order valence-electron chi connectivity index (χ0n) is 19.5. The number of carbonyl (C=O) groups is 1. The highest BCUT2D eigenvalue weighted by atomic mass is 19.1. The van der Waals surface area contributed by atoms with Gasteiger partial charge in [0.05, 0.1) is 16.8 Å². The highest BCUT2D eigenvalue weighted by molar-refractivity contribution is 6.07. The van der Waals surface area contributed by atoms with Crippen molar-refractivity contribution in [2.45, 2.75) is 13.3 Å². The number of likely N-dealkylation sites (N-methyl/N-ethyl adjacent to an activating group) is 1. The maximum Gasteiger partial charge on any atom is 0.268 e. The van der Waals surface area contributed by atoms with E-state index in [1.54, 1.807) is 6.07 Å². The third-order valence-electron chi connectivity index (χ3n) is 6.25. The number of nitrogens with two attached hydrogens (primary N) is 1. The summed E-state index contributed by atoms with van der Waals surface area (Å²) >= 11 is 0. The Balaban J connectivity index is 1.37. The van der Waals surface area contributed by atoms with Crippen LogP contribution in [0.15, 0.2) is 48.7 Å². The summed E-state index contributed by atoms with van der Waals surface area (Å²) in [6.07, 6.45) is 2.51. The number of nitrogens with zero attached hydrogens (tertiary/aromatic N) is 3. The highest BCUT2D eigenvalue weighted by Crippen LogP contribution is 2.30. The van der Waals surface area contributed by atoms with Crippen molar-refractivity contribution in [1.82, 2.24) is 20.2 Å². The number of nitrogens with one attached hydrogen (secondary N) is 3. The number of piperazine rings is 1. The Labute approximate surface area is 199 Å². The average molecular weight is 466 g/mol. The van der Waals surface area contributed by atoms with Gasteiger partial charge in [-0.1, -0.05) is 6.92 Å². The predicted octanol–water partition coefficient (Wildman–Crippen LogP) is 3.16. The molecule has 0 bridgehead atoms. The van der Waals surface area contributed by atoms with Crippen LogP contribution in [0, 0.1) is 5.82 Å². The van der Waals surface area contributed by atoms with Crippen molar-refractivity contribution in [3.8, 4) is 0 Å². The summed E-state index contributed by atoms with van der Waals surface area (Å²) in [4.78, 5) is 21.5. The number of amides is 1. The summed E-state index contributed by atoms with van der Waals surface area (Å²) in [6, 6.07) is 12.1. The lowest BCUT2D eigenvalue weighted by atomic mass is 10.1. The molecule has 0 radical (unpaired) electrons. The molecule has 1 aliphatic rings. The van der Waals surface area contributed by atoms with E-state index in [4.69, 9.17) is 5.84 Å². The van der Waals surface area contributed by atoms with Crippen LogP contribution in [-0.2, 0) is 0 Å². The molecule has 9 heteroatoms. The molecular weight excluding hydrogens is 433 g/mol. The van der Waals surface area contributed by atoms with E-state index in [9.17, 15) is 9.18 Å². The molecule has 3 aromatic rings. The molecule has 2 aromatic carbocycles. The molecule has 5 N–H and O–H groups in total. The number of halogens is 1. The van der Waals surface area contributed by atoms with Crippen LogP contribution in [-0.4, -0.2) is 66.5 Å². The molecule has 1 aromatic heterocycles. The fourth-order valence-corrected chi connectivity index (χ4v) is 4.23. The van der Waals surface area contributed by atoms with Crippen molar-refractivity contribution in [3.05, 3.63) is 60.0 Å². The minimum atomic E-state index is -0.504. The molecule has 0 atom stereocenters. The first-order valence-corrected chi connectivity index (χ1v) is 11.7. The van der Waals surface area contributed by atoms with Gasteiger partial charge in [-0.2, -0.15) is 0 Å². The van der Waals surface area contributed by atoms with Crippen molar-refractivity contribution < 1.29 is 9.18 Å². The fraction of sp³-hybridized carbons (Fsp3) is 0.360. The Kier molecular flexibility index (Phi) is 7.89. The number of benzene rings is 2. The Morgan fingerprint density at radius 1 is 1.06 bits per heavy atom. The first-order valence-electron chi connectivity index (χ1n) is 11.7. The van der Waals surface area contributed by atoms with Crippen LogP contribution < -0.4 is 21.9 Å². The molecule has 34 heavy (non-hydrogen) atoms. The topological polar surface area (TPSA) is 98.5 Å². The molecule has 1 fully saturated rings. The molecule has 1 amide bonds. The lowest BCUT2D eigenvalue weighted by molar-refractivity contribution is 0.0954. The molecule has 180 valence electrons. The maximum absolute atomic E-state index is 13.9. The summed E-state index contributed by atoms with van der Waals surface area (Å²) in [5, 5.41) is 7.21. The van der Waals surface area contributed by atoms with E-state index >= 15 is 0 Å². The number of aromatic nitrogens is 1. The van der Waals surface area contributed by atoms with Crippen LogP contribution in [0.5, 0.6) is 0 Å². The molecule has 2 heterocycles. The first kappa shape index (κ1) is 23.9. The lowest BCUT2D eigenvalue weighted by Gasteiger charge is -2.34. The maximum atomic E-state index is 13.9. The van der Waals surface area contributed by atoms with Crippen molar-refractivity contribution >= 4 is 33.9 Å². The van der Waals surface area contributed by atoms with Gasteiger partial charge in [0.15, 0.2) is 0 Å². The summed E-state index contributed by atoms with van der Waals surface area (Å²) in [5.41, 5.74) is 5.18. The molecule has 1 saturated heterocycles. The SMILES string of the molecule is CCN1CCN(CCCNc2ccc(Nc3c(C(=O)NN)cnc4ccc(F)cc34)cc2)CC1. The van der Waals surface area contributed by atoms with Gasteiger partial charge in [0.25, 0.3) is 5.91 Å². The number of carbonyl (C=O) groups excluding carboxylic acids is 1. The second-order valence-electron chi connectivity index (χ2n) is 8.44. The zero-order chi connectivity index (χ0) is 23.9. The van der Waals surface area contributed by atoms with Crippen molar-refractivity contribution in [1.29, 1.82) is 0 Å². The van der Waals surface area contributed by atoms with Gasteiger partial charge in [0, 0.05) is 55.7 Å². The van der Waals surface area contributed by atoms with Crippen molar-refractivity contribution in [3.63, 3.8) is 0 Å². The van der Waals surface area contributed by atoms with Crippen LogP contribution in [0.1, 0.15) is 23.7 Å². The Morgan fingerprint density at radius 2 is 1.76 bits per heavy atom. The van der Waals surface area contributed by atoms with E-state index in [-0.39, 0.29) is 5.56 Å². The largest absolute Gasteiger partial charge is 0.385 e. The standard InChI is InChI=1S/C25H32FN7O/c1-2-32-12-14-33(15-13-32)11-3-10-28-19-5-7-20(8-6-19)30-24-21-16-18(26)4-9-23(21)29-17-22(24)25(34)31-27/h4-9,16-17,28H,2-3,10-15,27H2,1H3,(H,29,30)(H,31,34). The number of hydrogen-bond acceptors (Lipinski definition) is 7. The number of nitrogen functional groups attached to an aromatic ring is 1. The molecule has 0 spiro atoms. The van der Waals surface area contributed by atoms with Crippen molar-refractivity contribution in [2.24, 2.45) is 5.84 Å². The summed E-state index contributed by atoms with van der Waals surface area (Å²) in [6.45, 7) is 9.96. The van der Waals surface area contributed by atoms with Crippen LogP contribution in [0.3, 0.4) is 0 Å². The normalized spacial score (nSPS) is 14.8. The van der Waals surface area contributed by atoms with Gasteiger partial charge < -0.3 is 20.4 Å². The van der Waals surface area contributed by atoms with E-state index < -0.39 is 11.7 Å². The quantitative estimate of drug-likeness (QED) is 0.167. The summed E-state index contributed by atoms with van der Waals surface area (Å²) < 4.78 is 13.9. The van der Waals surface area contributed by atoms with E-state index in [0.29, 0.717) is 16.6 Å². The van der Waals surface area contributed by atoms with E-state index in [1.165, 1.54) is 18.3 Å². The van der Waals surface area contributed by atoms with E-state index in [2.05, 4.69) is 37.8 Å². The number of hydrazine groups is 1. The van der Waals surface area contributed by atoms with Crippen LogP contribution in [0.4, 0.5) is 21.5 Å². The smallest absolute Gasteiger partial charge is 0.268 e. The zero-order valence-corrected chi connectivity index (χ0v) is 19.5. The monoisotopic (exact) mass is 465 g/mol. The molecule has 4 rings (SSSR count). The highest BCUT2D eigenvalue weighted by Gasteiger charge is 2.16. The summed E-state index contributed by atoms with van der Waals surface area (Å²) in [7, 11) is 0. The number of hydrogen-bond donors (Lipinski definition) is 4. The number of fused-ring (bicyclic) bond motifs is 1. The van der Waals surface area contributed by atoms with Gasteiger partial charge in [0.1, 0.15) is 5.82 Å². The lowest BCUT2D eigenvalue weighted by Crippen LogP contribution is -2.46. The number of pyridine rings is 1. The molecule has 0 unspecified atom stereocenters. The predicted molar refractivity (Wildman–Crippen MR) is 135 cm³/mol. The third-order valence-corrected chi connectivity index (χ3v) is 6.25. The Hall–Kier alpha value is -3.27. The minimum Gasteiger partial charge on any atom is -0.385 e. The second-order valence-corrected chi connectivity index (χ2v) is 8.44. The van der Waals surface area contributed by atoms with Gasteiger partial charge in [-0.05, 0) is 62.0 Å². The second kappa shape index (κ2) is 11.2. The van der Waals surface area contributed by atoms with E-state index in [1.807, 2.05) is 24.3 Å². The molecule has 0 saturated carbocycles. The Bertz CT molecular complexity index is 1110. The van der Waals surface area contributed by atoms with Gasteiger partial charge in [-0.25, -0.2) is 10.2 Å². The average Bonchev–Trinajstić information content (AvgIpc) is 2.87. The summed E-state index contributed by atoms with van der Waals surface area (Å²) in [5.74, 6) is 4.42. The minimum absolute atomic E-state index is 0.238. The van der Waals surface area contributed by atoms with Crippen LogP contribution in [0.2, 0.25) is 0 Å². The number of anilines is 3. The van der Waals surface area contributed by atoms with E-state index in [0.717, 1.165) is 63.6 Å². The Morgan fingerprint density at radius 3 is 2.47 bits per heavy atom. The van der Waals surface area contributed by atoms with Gasteiger partial charge >= 0.3 is 0 Å². The van der Waals surface area contributed by atoms with Gasteiger partial charge in [0.2, 0.25) is 0 Å².